The summed E-state index contributed by atoms with van der Waals surface area (Å²) in [6, 6.07) is 10.8. The molecular formula is C15H23NO2. The van der Waals surface area contributed by atoms with Gasteiger partial charge in [0.15, 0.2) is 0 Å². The fourth-order valence-corrected chi connectivity index (χ4v) is 2.58. The summed E-state index contributed by atoms with van der Waals surface area (Å²) in [4.78, 5) is 2.46. The zero-order valence-corrected chi connectivity index (χ0v) is 10.9. The number of piperidine rings is 1. The second-order valence-electron chi connectivity index (χ2n) is 4.86. The quantitative estimate of drug-likeness (QED) is 0.781. The van der Waals surface area contributed by atoms with Crippen LogP contribution in [-0.2, 0) is 4.74 Å². The van der Waals surface area contributed by atoms with Crippen LogP contribution in [0.25, 0.3) is 0 Å². The van der Waals surface area contributed by atoms with Gasteiger partial charge in [-0.2, -0.15) is 0 Å². The summed E-state index contributed by atoms with van der Waals surface area (Å²) in [7, 11) is 0. The van der Waals surface area contributed by atoms with E-state index in [0.29, 0.717) is 6.61 Å². The number of hydrogen-bond acceptors (Lipinski definition) is 3. The van der Waals surface area contributed by atoms with E-state index in [1.54, 1.807) is 0 Å². The fourth-order valence-electron chi connectivity index (χ4n) is 2.58. The maximum absolute atomic E-state index is 8.63. The zero-order valence-electron chi connectivity index (χ0n) is 10.9. The third kappa shape index (κ3) is 4.09. The van der Waals surface area contributed by atoms with Crippen LogP contribution in [0.2, 0.25) is 0 Å². The van der Waals surface area contributed by atoms with Crippen molar-refractivity contribution >= 4 is 0 Å². The van der Waals surface area contributed by atoms with Crippen LogP contribution in [0.5, 0.6) is 0 Å². The maximum atomic E-state index is 8.63. The molecule has 0 saturated carbocycles. The molecule has 0 aliphatic carbocycles. The van der Waals surface area contributed by atoms with Crippen LogP contribution in [0, 0.1) is 0 Å². The average molecular weight is 249 g/mol. The number of aliphatic hydroxyl groups excluding tert-OH is 1. The Kier molecular flexibility index (Phi) is 5.65. The Balaban J connectivity index is 1.68. The van der Waals surface area contributed by atoms with Crippen molar-refractivity contribution in [3.63, 3.8) is 0 Å². The largest absolute Gasteiger partial charge is 0.394 e. The normalized spacial score (nSPS) is 18.1. The minimum absolute atomic E-state index is 0.121. The molecule has 3 heteroatoms. The molecule has 1 saturated heterocycles. The predicted molar refractivity (Wildman–Crippen MR) is 72.8 cm³/mol. The highest BCUT2D eigenvalue weighted by Gasteiger charge is 2.19. The Hall–Kier alpha value is -0.900. The summed E-state index contributed by atoms with van der Waals surface area (Å²) < 4.78 is 5.31. The minimum atomic E-state index is 0.121. The molecule has 3 nitrogen and oxygen atoms in total. The van der Waals surface area contributed by atoms with E-state index in [2.05, 4.69) is 35.2 Å². The van der Waals surface area contributed by atoms with Crippen molar-refractivity contribution < 1.29 is 9.84 Å². The van der Waals surface area contributed by atoms with Crippen LogP contribution in [-0.4, -0.2) is 49.5 Å². The van der Waals surface area contributed by atoms with E-state index in [-0.39, 0.29) is 6.61 Å². The number of aliphatic hydroxyl groups is 1. The monoisotopic (exact) mass is 249 g/mol. The fraction of sp³-hybridized carbons (Fsp3) is 0.600. The van der Waals surface area contributed by atoms with Gasteiger partial charge >= 0.3 is 0 Å². The lowest BCUT2D eigenvalue weighted by Gasteiger charge is -2.32. The molecule has 2 rings (SSSR count). The lowest BCUT2D eigenvalue weighted by Crippen LogP contribution is -2.35. The first-order valence-electron chi connectivity index (χ1n) is 6.86. The number of likely N-dealkylation sites (tertiary alicyclic amines) is 1. The Morgan fingerprint density at radius 2 is 1.83 bits per heavy atom. The van der Waals surface area contributed by atoms with E-state index in [1.807, 2.05) is 0 Å². The first-order chi connectivity index (χ1) is 8.90. The SMILES string of the molecule is OCCOCCN1CCC(c2ccccc2)CC1. The molecular weight excluding hydrogens is 226 g/mol. The molecule has 100 valence electrons. The van der Waals surface area contributed by atoms with Crippen molar-refractivity contribution in [2.45, 2.75) is 18.8 Å². The lowest BCUT2D eigenvalue weighted by molar-refractivity contribution is 0.0680. The van der Waals surface area contributed by atoms with E-state index in [9.17, 15) is 0 Å². The summed E-state index contributed by atoms with van der Waals surface area (Å²) in [6.45, 7) is 4.61. The van der Waals surface area contributed by atoms with Gasteiger partial charge in [0.25, 0.3) is 0 Å². The summed E-state index contributed by atoms with van der Waals surface area (Å²) in [5.74, 6) is 0.723. The second kappa shape index (κ2) is 7.52. The van der Waals surface area contributed by atoms with Gasteiger partial charge in [-0.05, 0) is 37.4 Å². The van der Waals surface area contributed by atoms with Crippen molar-refractivity contribution in [3.8, 4) is 0 Å². The third-order valence-electron chi connectivity index (χ3n) is 3.65. The van der Waals surface area contributed by atoms with Crippen molar-refractivity contribution in [1.82, 2.24) is 4.90 Å². The highest BCUT2D eigenvalue weighted by molar-refractivity contribution is 5.19. The number of nitrogens with zero attached hydrogens (tertiary/aromatic N) is 1. The second-order valence-corrected chi connectivity index (χ2v) is 4.86. The Labute approximate surface area is 109 Å². The Bertz CT molecular complexity index is 321. The minimum Gasteiger partial charge on any atom is -0.394 e. The number of benzene rings is 1. The highest BCUT2D eigenvalue weighted by atomic mass is 16.5. The molecule has 18 heavy (non-hydrogen) atoms. The zero-order chi connectivity index (χ0) is 12.6. The molecule has 0 bridgehead atoms. The molecule has 0 atom stereocenters. The molecule has 0 amide bonds. The van der Waals surface area contributed by atoms with Gasteiger partial charge in [-0.1, -0.05) is 30.3 Å². The standard InChI is InChI=1S/C15H23NO2/c17-11-13-18-12-10-16-8-6-15(7-9-16)14-4-2-1-3-5-14/h1-5,15,17H,6-13H2. The highest BCUT2D eigenvalue weighted by Crippen LogP contribution is 2.27. The van der Waals surface area contributed by atoms with Gasteiger partial charge in [0.1, 0.15) is 0 Å². The van der Waals surface area contributed by atoms with Gasteiger partial charge in [0.2, 0.25) is 0 Å². The first-order valence-corrected chi connectivity index (χ1v) is 6.86. The molecule has 0 radical (unpaired) electrons. The summed E-state index contributed by atoms with van der Waals surface area (Å²) >= 11 is 0. The molecule has 1 aromatic rings. The topological polar surface area (TPSA) is 32.7 Å². The van der Waals surface area contributed by atoms with Crippen LogP contribution in [0.15, 0.2) is 30.3 Å². The van der Waals surface area contributed by atoms with Crippen LogP contribution in [0.3, 0.4) is 0 Å². The first kappa shape index (κ1) is 13.5. The van der Waals surface area contributed by atoms with Crippen molar-refractivity contribution in [2.24, 2.45) is 0 Å². The Morgan fingerprint density at radius 1 is 1.11 bits per heavy atom. The maximum Gasteiger partial charge on any atom is 0.0698 e. The molecule has 1 aliphatic rings. The molecule has 0 unspecified atom stereocenters. The summed E-state index contributed by atoms with van der Waals surface area (Å²) in [5, 5.41) is 8.63. The third-order valence-corrected chi connectivity index (χ3v) is 3.65. The van der Waals surface area contributed by atoms with Gasteiger partial charge in [0, 0.05) is 6.54 Å². The number of hydrogen-bond donors (Lipinski definition) is 1. The smallest absolute Gasteiger partial charge is 0.0698 e. The molecule has 1 aromatic carbocycles. The number of ether oxygens (including phenoxy) is 1. The van der Waals surface area contributed by atoms with Gasteiger partial charge in [-0.25, -0.2) is 0 Å². The Morgan fingerprint density at radius 3 is 2.50 bits per heavy atom. The molecule has 1 aliphatic heterocycles. The van der Waals surface area contributed by atoms with Crippen LogP contribution < -0.4 is 0 Å². The van der Waals surface area contributed by atoms with Gasteiger partial charge in [0.05, 0.1) is 19.8 Å². The van der Waals surface area contributed by atoms with Crippen molar-refractivity contribution in [1.29, 1.82) is 0 Å². The van der Waals surface area contributed by atoms with Gasteiger partial charge in [-0.3, -0.25) is 0 Å². The van der Waals surface area contributed by atoms with Gasteiger partial charge < -0.3 is 14.7 Å². The van der Waals surface area contributed by atoms with E-state index in [1.165, 1.54) is 18.4 Å². The van der Waals surface area contributed by atoms with Crippen LogP contribution in [0.4, 0.5) is 0 Å². The van der Waals surface area contributed by atoms with Crippen LogP contribution in [0.1, 0.15) is 24.3 Å². The molecule has 0 spiro atoms. The number of rotatable bonds is 6. The molecule has 1 N–H and O–H groups in total. The van der Waals surface area contributed by atoms with E-state index >= 15 is 0 Å². The average Bonchev–Trinajstić information content (AvgIpc) is 2.45. The van der Waals surface area contributed by atoms with E-state index in [4.69, 9.17) is 9.84 Å². The van der Waals surface area contributed by atoms with E-state index in [0.717, 1.165) is 32.2 Å². The molecule has 0 aromatic heterocycles. The molecule has 1 heterocycles. The van der Waals surface area contributed by atoms with Crippen molar-refractivity contribution in [2.75, 3.05) is 39.5 Å². The molecule has 1 fully saturated rings. The summed E-state index contributed by atoms with van der Waals surface area (Å²) in [6.07, 6.45) is 2.48. The van der Waals surface area contributed by atoms with Crippen molar-refractivity contribution in [3.05, 3.63) is 35.9 Å². The van der Waals surface area contributed by atoms with Gasteiger partial charge in [-0.15, -0.1) is 0 Å². The lowest BCUT2D eigenvalue weighted by atomic mass is 9.89. The predicted octanol–water partition coefficient (Wildman–Crippen LogP) is 1.87. The van der Waals surface area contributed by atoms with E-state index < -0.39 is 0 Å². The summed E-state index contributed by atoms with van der Waals surface area (Å²) in [5.41, 5.74) is 1.48. The van der Waals surface area contributed by atoms with Crippen LogP contribution >= 0.6 is 0 Å².